The van der Waals surface area contributed by atoms with Crippen molar-refractivity contribution in [1.29, 1.82) is 0 Å². The molecule has 2 N–H and O–H groups in total. The van der Waals surface area contributed by atoms with E-state index in [0.717, 1.165) is 11.3 Å². The van der Waals surface area contributed by atoms with Crippen molar-refractivity contribution in [1.82, 2.24) is 20.1 Å². The van der Waals surface area contributed by atoms with E-state index < -0.39 is 0 Å². The van der Waals surface area contributed by atoms with Crippen molar-refractivity contribution >= 4 is 17.7 Å². The van der Waals surface area contributed by atoms with E-state index in [4.69, 9.17) is 0 Å². The van der Waals surface area contributed by atoms with Crippen LogP contribution in [0.25, 0.3) is 5.69 Å². The monoisotopic (exact) mass is 444 g/mol. The maximum Gasteiger partial charge on any atom is 0.251 e. The lowest BCUT2D eigenvalue weighted by Gasteiger charge is -2.25. The second-order valence-corrected chi connectivity index (χ2v) is 8.22. The predicted molar refractivity (Wildman–Crippen MR) is 126 cm³/mol. The van der Waals surface area contributed by atoms with Crippen LogP contribution in [-0.4, -0.2) is 46.8 Å². The Kier molecular flexibility index (Phi) is 6.88. The van der Waals surface area contributed by atoms with E-state index in [0.29, 0.717) is 25.2 Å². The first-order valence-corrected chi connectivity index (χ1v) is 11.2. The third-order valence-corrected chi connectivity index (χ3v) is 6.02. The van der Waals surface area contributed by atoms with Crippen molar-refractivity contribution in [3.63, 3.8) is 0 Å². The molecule has 1 aromatic heterocycles. The highest BCUT2D eigenvalue weighted by molar-refractivity contribution is 5.94. The van der Waals surface area contributed by atoms with Gasteiger partial charge in [-0.15, -0.1) is 0 Å². The summed E-state index contributed by atoms with van der Waals surface area (Å²) in [6, 6.07) is 20.9. The minimum Gasteiger partial charge on any atom is -0.354 e. The fraction of sp³-hybridized carbons (Fsp3) is 0.269. The van der Waals surface area contributed by atoms with Crippen LogP contribution in [0.4, 0.5) is 0 Å². The van der Waals surface area contributed by atoms with Crippen molar-refractivity contribution in [3.05, 3.63) is 90.3 Å². The van der Waals surface area contributed by atoms with Crippen LogP contribution in [0.2, 0.25) is 0 Å². The summed E-state index contributed by atoms with van der Waals surface area (Å²) in [5.41, 5.74) is 2.59. The summed E-state index contributed by atoms with van der Waals surface area (Å²) in [5.74, 6) is -0.734. The number of hydrogen-bond donors (Lipinski definition) is 2. The fourth-order valence-electron chi connectivity index (χ4n) is 4.09. The average molecular weight is 445 g/mol. The first kappa shape index (κ1) is 22.3. The van der Waals surface area contributed by atoms with Crippen LogP contribution >= 0.6 is 0 Å². The van der Waals surface area contributed by atoms with Gasteiger partial charge in [0.05, 0.1) is 12.0 Å². The van der Waals surface area contributed by atoms with Gasteiger partial charge in [-0.3, -0.25) is 14.4 Å². The van der Waals surface area contributed by atoms with Crippen molar-refractivity contribution < 1.29 is 14.4 Å². The fourth-order valence-corrected chi connectivity index (χ4v) is 4.09. The molecule has 1 aliphatic heterocycles. The zero-order chi connectivity index (χ0) is 23.2. The molecule has 0 spiro atoms. The largest absolute Gasteiger partial charge is 0.354 e. The van der Waals surface area contributed by atoms with Gasteiger partial charge in [-0.2, -0.15) is 0 Å². The minimum atomic E-state index is -0.374. The van der Waals surface area contributed by atoms with E-state index in [1.807, 2.05) is 78.5 Å². The number of carbonyl (C=O) groups is 3. The van der Waals surface area contributed by atoms with Crippen molar-refractivity contribution in [2.24, 2.45) is 5.92 Å². The molecule has 2 heterocycles. The molecule has 33 heavy (non-hydrogen) atoms. The Hall–Kier alpha value is -3.87. The normalized spacial score (nSPS) is 16.5. The molecule has 0 saturated carbocycles. The topological polar surface area (TPSA) is 83.4 Å². The molecule has 2 unspecified atom stereocenters. The van der Waals surface area contributed by atoms with Gasteiger partial charge in [0.2, 0.25) is 11.8 Å². The van der Waals surface area contributed by atoms with Crippen LogP contribution in [0, 0.1) is 5.92 Å². The van der Waals surface area contributed by atoms with E-state index in [2.05, 4.69) is 10.6 Å². The van der Waals surface area contributed by atoms with E-state index in [9.17, 15) is 14.4 Å². The molecule has 0 bridgehead atoms. The molecule has 1 fully saturated rings. The van der Waals surface area contributed by atoms with Gasteiger partial charge in [-0.25, -0.2) is 0 Å². The lowest BCUT2D eigenvalue weighted by atomic mass is 10.1. The highest BCUT2D eigenvalue weighted by Gasteiger charge is 2.36. The summed E-state index contributed by atoms with van der Waals surface area (Å²) in [7, 11) is 0. The van der Waals surface area contributed by atoms with E-state index >= 15 is 0 Å². The number of carbonyl (C=O) groups excluding carboxylic acids is 3. The Labute approximate surface area is 193 Å². The molecule has 170 valence electrons. The second-order valence-electron chi connectivity index (χ2n) is 8.22. The number of amides is 3. The van der Waals surface area contributed by atoms with E-state index in [-0.39, 0.29) is 36.1 Å². The zero-order valence-corrected chi connectivity index (χ0v) is 18.6. The highest BCUT2D eigenvalue weighted by Crippen LogP contribution is 2.28. The van der Waals surface area contributed by atoms with E-state index in [1.54, 1.807) is 17.0 Å². The van der Waals surface area contributed by atoms with Gasteiger partial charge in [0, 0.05) is 49.7 Å². The van der Waals surface area contributed by atoms with Gasteiger partial charge in [-0.1, -0.05) is 30.3 Å². The van der Waals surface area contributed by atoms with Crippen molar-refractivity contribution in [2.75, 3.05) is 19.6 Å². The number of benzene rings is 2. The van der Waals surface area contributed by atoms with Crippen molar-refractivity contribution in [3.8, 4) is 5.69 Å². The molecule has 0 aliphatic carbocycles. The molecule has 1 saturated heterocycles. The highest BCUT2D eigenvalue weighted by atomic mass is 16.2. The minimum absolute atomic E-state index is 0.0110. The summed E-state index contributed by atoms with van der Waals surface area (Å²) in [5, 5.41) is 5.66. The lowest BCUT2D eigenvalue weighted by molar-refractivity contribution is -0.130. The second kappa shape index (κ2) is 10.2. The van der Waals surface area contributed by atoms with Crippen LogP contribution in [-0.2, 0) is 9.59 Å². The van der Waals surface area contributed by atoms with Crippen LogP contribution < -0.4 is 10.6 Å². The molecule has 0 radical (unpaired) electrons. The van der Waals surface area contributed by atoms with E-state index in [1.165, 1.54) is 0 Å². The summed E-state index contributed by atoms with van der Waals surface area (Å²) in [4.78, 5) is 39.1. The Bertz CT molecular complexity index is 1090. The number of nitrogens with one attached hydrogen (secondary N) is 2. The standard InChI is InChI=1S/C26H28N4O3/c1-19(20-7-3-2-4-8-20)30-18-22(17-24(30)31)26(33)28-14-13-27-25(32)21-9-11-23(12-10-21)29-15-5-6-16-29/h2-12,15-16,19,22H,13-14,17-18H2,1H3,(H,27,32)(H,28,33). The lowest BCUT2D eigenvalue weighted by Crippen LogP contribution is -2.38. The average Bonchev–Trinajstić information content (AvgIpc) is 3.52. The first-order chi connectivity index (χ1) is 16.0. The molecular weight excluding hydrogens is 416 g/mol. The third-order valence-electron chi connectivity index (χ3n) is 6.02. The molecular formula is C26H28N4O3. The Morgan fingerprint density at radius 2 is 1.61 bits per heavy atom. The third kappa shape index (κ3) is 5.31. The SMILES string of the molecule is CC(c1ccccc1)N1CC(C(=O)NCCNC(=O)c2ccc(-n3cccc3)cc2)CC1=O. The summed E-state index contributed by atoms with van der Waals surface area (Å²) in [6.45, 7) is 3.01. The first-order valence-electron chi connectivity index (χ1n) is 11.2. The quantitative estimate of drug-likeness (QED) is 0.524. The van der Waals surface area contributed by atoms with Gasteiger partial charge in [0.1, 0.15) is 0 Å². The number of likely N-dealkylation sites (tertiary alicyclic amines) is 1. The maximum atomic E-state index is 12.6. The van der Waals surface area contributed by atoms with Crippen LogP contribution in [0.15, 0.2) is 79.1 Å². The number of hydrogen-bond acceptors (Lipinski definition) is 3. The smallest absolute Gasteiger partial charge is 0.251 e. The molecule has 1 aliphatic rings. The Morgan fingerprint density at radius 1 is 0.939 bits per heavy atom. The summed E-state index contributed by atoms with van der Waals surface area (Å²) < 4.78 is 1.96. The summed E-state index contributed by atoms with van der Waals surface area (Å²) in [6.07, 6.45) is 4.09. The van der Waals surface area contributed by atoms with Gasteiger partial charge in [-0.05, 0) is 48.9 Å². The predicted octanol–water partition coefficient (Wildman–Crippen LogP) is 2.93. The summed E-state index contributed by atoms with van der Waals surface area (Å²) >= 11 is 0. The molecule has 4 rings (SSSR count). The van der Waals surface area contributed by atoms with Crippen LogP contribution in [0.5, 0.6) is 0 Å². The van der Waals surface area contributed by atoms with Crippen molar-refractivity contribution in [2.45, 2.75) is 19.4 Å². The molecule has 2 atom stereocenters. The van der Waals surface area contributed by atoms with Gasteiger partial charge in [0.25, 0.3) is 5.91 Å². The molecule has 7 heteroatoms. The van der Waals surface area contributed by atoms with Gasteiger partial charge in [0.15, 0.2) is 0 Å². The van der Waals surface area contributed by atoms with Crippen LogP contribution in [0.3, 0.4) is 0 Å². The maximum absolute atomic E-state index is 12.6. The van der Waals surface area contributed by atoms with Gasteiger partial charge < -0.3 is 20.1 Å². The molecule has 3 aromatic rings. The zero-order valence-electron chi connectivity index (χ0n) is 18.6. The molecule has 3 amide bonds. The van der Waals surface area contributed by atoms with Gasteiger partial charge >= 0.3 is 0 Å². The number of nitrogens with zero attached hydrogens (tertiary/aromatic N) is 2. The molecule has 7 nitrogen and oxygen atoms in total. The molecule has 2 aromatic carbocycles. The number of rotatable bonds is 8. The number of aromatic nitrogens is 1. The van der Waals surface area contributed by atoms with Crippen LogP contribution in [0.1, 0.15) is 35.3 Å². The Morgan fingerprint density at radius 3 is 2.30 bits per heavy atom. The Balaban J connectivity index is 1.21.